The fraction of sp³-hybridized carbons (Fsp3) is 0.600. The van der Waals surface area contributed by atoms with Crippen molar-refractivity contribution in [3.05, 3.63) is 41.2 Å². The van der Waals surface area contributed by atoms with Gasteiger partial charge in [-0.3, -0.25) is 0 Å². The van der Waals surface area contributed by atoms with Crippen molar-refractivity contribution in [2.24, 2.45) is 4.99 Å². The minimum Gasteiger partial charge on any atom is -0.469 e. The molecule has 0 spiro atoms. The average molecular weight is 377 g/mol. The fourth-order valence-electron chi connectivity index (χ4n) is 2.73. The molecule has 0 unspecified atom stereocenters. The normalized spacial score (nSPS) is 11.7. The van der Waals surface area contributed by atoms with Gasteiger partial charge in [0, 0.05) is 44.7 Å². The van der Waals surface area contributed by atoms with Crippen LogP contribution in [0.4, 0.5) is 0 Å². The van der Waals surface area contributed by atoms with Gasteiger partial charge in [0.15, 0.2) is 5.96 Å². The number of nitrogens with one attached hydrogen (secondary N) is 2. The molecule has 0 aliphatic carbocycles. The molecule has 7 heteroatoms. The minimum atomic E-state index is 0.553. The van der Waals surface area contributed by atoms with E-state index in [9.17, 15) is 0 Å². The Morgan fingerprint density at radius 1 is 1.19 bits per heavy atom. The Kier molecular flexibility index (Phi) is 9.48. The second kappa shape index (κ2) is 12.2. The number of furan rings is 1. The molecule has 2 aromatic rings. The predicted octanol–water partition coefficient (Wildman–Crippen LogP) is 3.10. The first kappa shape index (κ1) is 21.0. The topological polar surface area (TPSA) is 84.8 Å². The van der Waals surface area contributed by atoms with Crippen LogP contribution in [0.5, 0.6) is 0 Å². The summed E-state index contributed by atoms with van der Waals surface area (Å²) in [7, 11) is 0. The SMILES string of the molecule is CCOCCCNC(=NCc1c(CC)noc1CC)NCCc1ccco1. The van der Waals surface area contributed by atoms with E-state index in [1.165, 1.54) is 0 Å². The Hall–Kier alpha value is -2.28. The maximum atomic E-state index is 5.43. The van der Waals surface area contributed by atoms with Crippen molar-refractivity contribution < 1.29 is 13.7 Å². The van der Waals surface area contributed by atoms with Gasteiger partial charge in [0.1, 0.15) is 11.5 Å². The van der Waals surface area contributed by atoms with E-state index in [4.69, 9.17) is 18.7 Å². The van der Waals surface area contributed by atoms with Gasteiger partial charge in [0.05, 0.1) is 18.5 Å². The molecule has 0 aliphatic rings. The van der Waals surface area contributed by atoms with Crippen LogP contribution in [0.15, 0.2) is 32.3 Å². The van der Waals surface area contributed by atoms with E-state index in [1.54, 1.807) is 6.26 Å². The Balaban J connectivity index is 1.94. The predicted molar refractivity (Wildman–Crippen MR) is 106 cm³/mol. The van der Waals surface area contributed by atoms with E-state index in [0.717, 1.165) is 80.7 Å². The Morgan fingerprint density at radius 3 is 2.74 bits per heavy atom. The van der Waals surface area contributed by atoms with E-state index in [2.05, 4.69) is 29.6 Å². The second-order valence-corrected chi connectivity index (χ2v) is 6.14. The summed E-state index contributed by atoms with van der Waals surface area (Å²) >= 11 is 0. The van der Waals surface area contributed by atoms with Crippen molar-refractivity contribution in [2.45, 2.75) is 53.0 Å². The van der Waals surface area contributed by atoms with E-state index in [-0.39, 0.29) is 0 Å². The van der Waals surface area contributed by atoms with Crippen molar-refractivity contribution >= 4 is 5.96 Å². The number of ether oxygens (including phenoxy) is 1. The summed E-state index contributed by atoms with van der Waals surface area (Å²) in [6, 6.07) is 3.88. The van der Waals surface area contributed by atoms with Crippen molar-refractivity contribution in [1.29, 1.82) is 0 Å². The largest absolute Gasteiger partial charge is 0.469 e. The zero-order chi connectivity index (χ0) is 19.3. The molecular weight excluding hydrogens is 344 g/mol. The van der Waals surface area contributed by atoms with Crippen LogP contribution in [0.1, 0.15) is 50.0 Å². The molecule has 0 radical (unpaired) electrons. The lowest BCUT2D eigenvalue weighted by Gasteiger charge is -2.12. The van der Waals surface area contributed by atoms with Gasteiger partial charge in [0.25, 0.3) is 0 Å². The van der Waals surface area contributed by atoms with Crippen molar-refractivity contribution in [3.63, 3.8) is 0 Å². The van der Waals surface area contributed by atoms with Gasteiger partial charge in [-0.05, 0) is 31.9 Å². The minimum absolute atomic E-state index is 0.553. The number of guanidine groups is 1. The van der Waals surface area contributed by atoms with Crippen molar-refractivity contribution in [1.82, 2.24) is 15.8 Å². The molecule has 0 aliphatic heterocycles. The Labute approximate surface area is 161 Å². The quantitative estimate of drug-likeness (QED) is 0.336. The highest BCUT2D eigenvalue weighted by Crippen LogP contribution is 2.16. The molecule has 150 valence electrons. The summed E-state index contributed by atoms with van der Waals surface area (Å²) < 4.78 is 16.2. The summed E-state index contributed by atoms with van der Waals surface area (Å²) in [5, 5.41) is 10.9. The lowest BCUT2D eigenvalue weighted by Crippen LogP contribution is -2.39. The van der Waals surface area contributed by atoms with Gasteiger partial charge >= 0.3 is 0 Å². The number of nitrogens with zero attached hydrogens (tertiary/aromatic N) is 2. The van der Waals surface area contributed by atoms with Crippen LogP contribution in [-0.2, 0) is 30.5 Å². The number of hydrogen-bond donors (Lipinski definition) is 2. The van der Waals surface area contributed by atoms with Gasteiger partial charge in [-0.2, -0.15) is 0 Å². The van der Waals surface area contributed by atoms with E-state index in [1.807, 2.05) is 19.1 Å². The van der Waals surface area contributed by atoms with Crippen LogP contribution in [0.2, 0.25) is 0 Å². The van der Waals surface area contributed by atoms with Gasteiger partial charge in [-0.1, -0.05) is 19.0 Å². The molecule has 0 amide bonds. The molecule has 0 fully saturated rings. The molecule has 2 aromatic heterocycles. The van der Waals surface area contributed by atoms with Crippen LogP contribution in [0, 0.1) is 0 Å². The summed E-state index contributed by atoms with van der Waals surface area (Å²) in [5.74, 6) is 2.66. The van der Waals surface area contributed by atoms with Crippen LogP contribution in [0.3, 0.4) is 0 Å². The monoisotopic (exact) mass is 376 g/mol. The summed E-state index contributed by atoms with van der Waals surface area (Å²) in [5.41, 5.74) is 2.09. The standard InChI is InChI=1S/C20H32N4O3/c1-4-18-17(19(5-2)27-24-18)15-23-20(21-11-8-13-25-6-3)22-12-10-16-9-7-14-26-16/h7,9,14H,4-6,8,10-13,15H2,1-3H3,(H2,21,22,23). The summed E-state index contributed by atoms with van der Waals surface area (Å²) in [6.07, 6.45) is 5.10. The van der Waals surface area contributed by atoms with E-state index in [0.29, 0.717) is 6.54 Å². The van der Waals surface area contributed by atoms with Crippen molar-refractivity contribution in [3.8, 4) is 0 Å². The third-order valence-corrected chi connectivity index (χ3v) is 4.21. The Bertz CT molecular complexity index is 643. The van der Waals surface area contributed by atoms with E-state index < -0.39 is 0 Å². The number of aliphatic imine (C=N–C) groups is 1. The second-order valence-electron chi connectivity index (χ2n) is 6.14. The van der Waals surface area contributed by atoms with Gasteiger partial charge in [-0.15, -0.1) is 0 Å². The van der Waals surface area contributed by atoms with Crippen LogP contribution in [0.25, 0.3) is 0 Å². The first-order valence-corrected chi connectivity index (χ1v) is 9.87. The molecule has 0 bridgehead atoms. The van der Waals surface area contributed by atoms with Gasteiger partial charge < -0.3 is 24.3 Å². The molecule has 2 N–H and O–H groups in total. The lowest BCUT2D eigenvalue weighted by molar-refractivity contribution is 0.145. The van der Waals surface area contributed by atoms with Gasteiger partial charge in [-0.25, -0.2) is 4.99 Å². The van der Waals surface area contributed by atoms with Crippen LogP contribution < -0.4 is 10.6 Å². The Morgan fingerprint density at radius 2 is 2.04 bits per heavy atom. The molecule has 2 rings (SSSR count). The maximum Gasteiger partial charge on any atom is 0.191 e. The van der Waals surface area contributed by atoms with E-state index >= 15 is 0 Å². The van der Waals surface area contributed by atoms with Crippen LogP contribution >= 0.6 is 0 Å². The molecule has 0 atom stereocenters. The number of aryl methyl sites for hydroxylation is 2. The molecule has 2 heterocycles. The zero-order valence-electron chi connectivity index (χ0n) is 16.7. The molecule has 27 heavy (non-hydrogen) atoms. The summed E-state index contributed by atoms with van der Waals surface area (Å²) in [4.78, 5) is 4.74. The molecule has 0 saturated heterocycles. The first-order chi connectivity index (χ1) is 13.3. The summed E-state index contributed by atoms with van der Waals surface area (Å²) in [6.45, 7) is 9.75. The molecule has 7 nitrogen and oxygen atoms in total. The highest BCUT2D eigenvalue weighted by molar-refractivity contribution is 5.79. The number of aromatic nitrogens is 1. The fourth-order valence-corrected chi connectivity index (χ4v) is 2.73. The molecular formula is C20H32N4O3. The smallest absolute Gasteiger partial charge is 0.191 e. The molecule has 0 saturated carbocycles. The highest BCUT2D eigenvalue weighted by Gasteiger charge is 2.13. The first-order valence-electron chi connectivity index (χ1n) is 9.87. The maximum absolute atomic E-state index is 5.43. The highest BCUT2D eigenvalue weighted by atomic mass is 16.5. The lowest BCUT2D eigenvalue weighted by atomic mass is 10.1. The molecule has 0 aromatic carbocycles. The number of rotatable bonds is 12. The van der Waals surface area contributed by atoms with Crippen molar-refractivity contribution in [2.75, 3.05) is 26.3 Å². The number of hydrogen-bond acceptors (Lipinski definition) is 5. The third-order valence-electron chi connectivity index (χ3n) is 4.21. The zero-order valence-corrected chi connectivity index (χ0v) is 16.7. The van der Waals surface area contributed by atoms with Gasteiger partial charge in [0.2, 0.25) is 0 Å². The third kappa shape index (κ3) is 7.09. The van der Waals surface area contributed by atoms with Crippen LogP contribution in [-0.4, -0.2) is 37.4 Å². The average Bonchev–Trinajstić information content (AvgIpc) is 3.34.